The number of nitrogens with zero attached hydrogens (tertiary/aromatic N) is 1. The van der Waals surface area contributed by atoms with Crippen molar-refractivity contribution in [1.29, 1.82) is 0 Å². The maximum atomic E-state index is 13.0. The van der Waals surface area contributed by atoms with Crippen LogP contribution in [-0.2, 0) is 14.6 Å². The van der Waals surface area contributed by atoms with Gasteiger partial charge in [-0.3, -0.25) is 4.90 Å². The van der Waals surface area contributed by atoms with Crippen molar-refractivity contribution in [2.45, 2.75) is 39.9 Å². The molecule has 1 aliphatic rings. The fourth-order valence-corrected chi connectivity index (χ4v) is 5.39. The van der Waals surface area contributed by atoms with Gasteiger partial charge >= 0.3 is 0 Å². The normalized spacial score (nSPS) is 20.3. The predicted molar refractivity (Wildman–Crippen MR) is 101 cm³/mol. The lowest BCUT2D eigenvalue weighted by Gasteiger charge is -2.37. The van der Waals surface area contributed by atoms with Crippen molar-refractivity contribution in [3.05, 3.63) is 54.6 Å². The Morgan fingerprint density at radius 1 is 1.08 bits per heavy atom. The van der Waals surface area contributed by atoms with Gasteiger partial charge in [-0.05, 0) is 50.2 Å². The highest BCUT2D eigenvalue weighted by Gasteiger charge is 2.33. The van der Waals surface area contributed by atoms with Crippen LogP contribution in [0.5, 0.6) is 0 Å². The number of benzene rings is 2. The van der Waals surface area contributed by atoms with E-state index in [2.05, 4.69) is 0 Å². The van der Waals surface area contributed by atoms with E-state index in [4.69, 9.17) is 4.74 Å². The molecule has 134 valence electrons. The van der Waals surface area contributed by atoms with Crippen LogP contribution in [0, 0.1) is 0 Å². The molecule has 0 N–H and O–H groups in total. The lowest BCUT2D eigenvalue weighted by atomic mass is 10.2. The zero-order valence-electron chi connectivity index (χ0n) is 14.5. The molecule has 2 aromatic carbocycles. The van der Waals surface area contributed by atoms with Gasteiger partial charge in [0.25, 0.3) is 0 Å². The summed E-state index contributed by atoms with van der Waals surface area (Å²) < 4.78 is 31.3. The molecule has 0 bridgehead atoms. The number of hydrogen-bond donors (Lipinski definition) is 0. The minimum absolute atomic E-state index is 0.103. The summed E-state index contributed by atoms with van der Waals surface area (Å²) in [5, 5.41) is -0.556. The molecule has 6 heteroatoms. The Balaban J connectivity index is 1.76. The van der Waals surface area contributed by atoms with Gasteiger partial charge in [0.15, 0.2) is 9.84 Å². The van der Waals surface area contributed by atoms with Gasteiger partial charge in [0.1, 0.15) is 5.37 Å². The Bertz CT molecular complexity index is 791. The van der Waals surface area contributed by atoms with Crippen molar-refractivity contribution in [1.82, 2.24) is 4.90 Å². The van der Waals surface area contributed by atoms with E-state index in [-0.39, 0.29) is 6.04 Å². The van der Waals surface area contributed by atoms with Crippen LogP contribution in [0.25, 0.3) is 0 Å². The molecule has 4 nitrogen and oxygen atoms in total. The molecule has 0 radical (unpaired) electrons. The summed E-state index contributed by atoms with van der Waals surface area (Å²) in [4.78, 5) is 4.54. The summed E-state index contributed by atoms with van der Waals surface area (Å²) >= 11 is 1.62. The average Bonchev–Trinajstić information content (AvgIpc) is 2.63. The van der Waals surface area contributed by atoms with Crippen molar-refractivity contribution in [2.75, 3.05) is 19.8 Å². The molecular weight excluding hydrogens is 354 g/mol. The van der Waals surface area contributed by atoms with Crippen LogP contribution in [0.2, 0.25) is 0 Å². The maximum absolute atomic E-state index is 13.0. The van der Waals surface area contributed by atoms with E-state index in [1.54, 1.807) is 30.8 Å². The first kappa shape index (κ1) is 18.5. The highest BCUT2D eigenvalue weighted by Crippen LogP contribution is 2.29. The van der Waals surface area contributed by atoms with Crippen LogP contribution in [0.1, 0.15) is 13.8 Å². The van der Waals surface area contributed by atoms with E-state index >= 15 is 0 Å². The lowest BCUT2D eigenvalue weighted by Crippen LogP contribution is -2.50. The topological polar surface area (TPSA) is 46.6 Å². The SMILES string of the molecule is CC1COCCN1[C@@H](C)S(=O)(=O)c1ccc(Sc2ccccc2)cc1. The molecule has 1 saturated heterocycles. The molecule has 2 atom stereocenters. The Labute approximate surface area is 154 Å². The molecule has 1 fully saturated rings. The Morgan fingerprint density at radius 3 is 2.36 bits per heavy atom. The third kappa shape index (κ3) is 4.26. The fourth-order valence-electron chi connectivity index (χ4n) is 2.98. The maximum Gasteiger partial charge on any atom is 0.194 e. The summed E-state index contributed by atoms with van der Waals surface area (Å²) in [6.45, 7) is 5.57. The van der Waals surface area contributed by atoms with E-state index in [0.717, 1.165) is 9.79 Å². The minimum Gasteiger partial charge on any atom is -0.379 e. The van der Waals surface area contributed by atoms with Crippen LogP contribution < -0.4 is 0 Å². The van der Waals surface area contributed by atoms with Crippen LogP contribution in [0.15, 0.2) is 69.3 Å². The van der Waals surface area contributed by atoms with Crippen molar-refractivity contribution < 1.29 is 13.2 Å². The molecule has 0 amide bonds. The fraction of sp³-hybridized carbons (Fsp3) is 0.368. The second-order valence-electron chi connectivity index (χ2n) is 6.19. The smallest absolute Gasteiger partial charge is 0.194 e. The van der Waals surface area contributed by atoms with Gasteiger partial charge in [0, 0.05) is 22.4 Å². The molecule has 0 spiro atoms. The van der Waals surface area contributed by atoms with Crippen LogP contribution in [-0.4, -0.2) is 44.5 Å². The molecule has 0 saturated carbocycles. The Hall–Kier alpha value is -1.34. The molecule has 1 unspecified atom stereocenters. The molecule has 1 heterocycles. The molecule has 1 aliphatic heterocycles. The molecule has 0 aliphatic carbocycles. The summed E-state index contributed by atoms with van der Waals surface area (Å²) in [5.74, 6) is 0. The van der Waals surface area contributed by atoms with Gasteiger partial charge in [-0.1, -0.05) is 30.0 Å². The van der Waals surface area contributed by atoms with Gasteiger partial charge < -0.3 is 4.74 Å². The molecule has 25 heavy (non-hydrogen) atoms. The van der Waals surface area contributed by atoms with E-state index in [0.29, 0.717) is 24.7 Å². The molecule has 0 aromatic heterocycles. The third-order valence-electron chi connectivity index (χ3n) is 4.47. The second kappa shape index (κ2) is 7.91. The Morgan fingerprint density at radius 2 is 1.72 bits per heavy atom. The van der Waals surface area contributed by atoms with Crippen molar-refractivity contribution in [3.8, 4) is 0 Å². The monoisotopic (exact) mass is 377 g/mol. The predicted octanol–water partition coefficient (Wildman–Crippen LogP) is 3.68. The first-order chi connectivity index (χ1) is 12.0. The first-order valence-electron chi connectivity index (χ1n) is 8.39. The van der Waals surface area contributed by atoms with Crippen LogP contribution >= 0.6 is 11.8 Å². The summed E-state index contributed by atoms with van der Waals surface area (Å²) in [7, 11) is -3.40. The minimum atomic E-state index is -3.40. The number of hydrogen-bond acceptors (Lipinski definition) is 5. The number of sulfone groups is 1. The zero-order valence-corrected chi connectivity index (χ0v) is 16.1. The van der Waals surface area contributed by atoms with E-state index < -0.39 is 15.2 Å². The van der Waals surface area contributed by atoms with Crippen LogP contribution in [0.4, 0.5) is 0 Å². The molecule has 2 aromatic rings. The van der Waals surface area contributed by atoms with E-state index in [1.807, 2.05) is 54.3 Å². The van der Waals surface area contributed by atoms with Crippen molar-refractivity contribution in [2.24, 2.45) is 0 Å². The highest BCUT2D eigenvalue weighted by molar-refractivity contribution is 7.99. The van der Waals surface area contributed by atoms with Gasteiger partial charge in [-0.15, -0.1) is 0 Å². The van der Waals surface area contributed by atoms with Crippen molar-refractivity contribution in [3.63, 3.8) is 0 Å². The van der Waals surface area contributed by atoms with Gasteiger partial charge in [-0.2, -0.15) is 0 Å². The highest BCUT2D eigenvalue weighted by atomic mass is 32.2. The second-order valence-corrected chi connectivity index (χ2v) is 9.58. The van der Waals surface area contributed by atoms with E-state index in [9.17, 15) is 8.42 Å². The molecule has 3 rings (SSSR count). The number of rotatable bonds is 5. The largest absolute Gasteiger partial charge is 0.379 e. The quantitative estimate of drug-likeness (QED) is 0.795. The van der Waals surface area contributed by atoms with Gasteiger partial charge in [0.05, 0.1) is 18.1 Å². The standard InChI is InChI=1S/C19H23NO3S2/c1-15-14-23-13-12-20(15)16(2)25(21,22)19-10-8-18(9-11-19)24-17-6-4-3-5-7-17/h3-11,15-16H,12-14H2,1-2H3/t15?,16-/m1/s1. The zero-order chi connectivity index (χ0) is 17.9. The van der Waals surface area contributed by atoms with Gasteiger partial charge in [-0.25, -0.2) is 8.42 Å². The summed E-state index contributed by atoms with van der Waals surface area (Å²) in [6.07, 6.45) is 0. The average molecular weight is 378 g/mol. The lowest BCUT2D eigenvalue weighted by molar-refractivity contribution is -0.00471. The van der Waals surface area contributed by atoms with E-state index in [1.165, 1.54) is 0 Å². The number of morpholine rings is 1. The number of ether oxygens (including phenoxy) is 1. The Kier molecular flexibility index (Phi) is 5.84. The van der Waals surface area contributed by atoms with Gasteiger partial charge in [0.2, 0.25) is 0 Å². The third-order valence-corrected chi connectivity index (χ3v) is 7.58. The summed E-state index contributed by atoms with van der Waals surface area (Å²) in [5.41, 5.74) is 0. The first-order valence-corrected chi connectivity index (χ1v) is 10.7. The van der Waals surface area contributed by atoms with Crippen LogP contribution in [0.3, 0.4) is 0 Å². The van der Waals surface area contributed by atoms with Crippen molar-refractivity contribution >= 4 is 21.6 Å². The summed E-state index contributed by atoms with van der Waals surface area (Å²) in [6, 6.07) is 17.3. The molecular formula is C19H23NO3S2.